The van der Waals surface area contributed by atoms with Crippen LogP contribution in [0.4, 0.5) is 11.5 Å². The van der Waals surface area contributed by atoms with Crippen LogP contribution < -0.4 is 11.1 Å². The van der Waals surface area contributed by atoms with Gasteiger partial charge in [0.05, 0.1) is 22.9 Å². The third-order valence-electron chi connectivity index (χ3n) is 2.77. The summed E-state index contributed by atoms with van der Waals surface area (Å²) in [6.45, 7) is 0.133. The predicted molar refractivity (Wildman–Crippen MR) is 80.1 cm³/mol. The first-order valence-corrected chi connectivity index (χ1v) is 6.60. The van der Waals surface area contributed by atoms with Gasteiger partial charge in [-0.25, -0.2) is 9.97 Å². The molecule has 1 aromatic heterocycles. The second-order valence-electron chi connectivity index (χ2n) is 4.38. The number of nitrogens with one attached hydrogen (secondary N) is 1. The van der Waals surface area contributed by atoms with Gasteiger partial charge in [0, 0.05) is 18.3 Å². The molecule has 0 saturated carbocycles. The smallest absolute Gasteiger partial charge is 0.270 e. The van der Waals surface area contributed by atoms with Crippen molar-refractivity contribution in [2.45, 2.75) is 13.0 Å². The maximum absolute atomic E-state index is 11.9. The minimum Gasteiger partial charge on any atom is -0.384 e. The van der Waals surface area contributed by atoms with Gasteiger partial charge in [0.15, 0.2) is 0 Å². The van der Waals surface area contributed by atoms with Crippen LogP contribution in [0.5, 0.6) is 0 Å². The van der Waals surface area contributed by atoms with E-state index in [0.29, 0.717) is 17.2 Å². The van der Waals surface area contributed by atoms with E-state index in [1.54, 1.807) is 6.07 Å². The average molecular weight is 322 g/mol. The lowest BCUT2D eigenvalue weighted by Crippen LogP contribution is -2.25. The Morgan fingerprint density at radius 3 is 2.82 bits per heavy atom. The number of aromatic nitrogens is 2. The van der Waals surface area contributed by atoms with Crippen LogP contribution in [-0.2, 0) is 17.8 Å². The molecule has 0 bridgehead atoms. The van der Waals surface area contributed by atoms with Gasteiger partial charge in [-0.1, -0.05) is 17.7 Å². The van der Waals surface area contributed by atoms with Crippen LogP contribution >= 0.6 is 11.6 Å². The molecule has 9 heteroatoms. The Bertz CT molecular complexity index is 723. The van der Waals surface area contributed by atoms with E-state index in [-0.39, 0.29) is 29.6 Å². The lowest BCUT2D eigenvalue weighted by atomic mass is 10.1. The first-order valence-electron chi connectivity index (χ1n) is 6.22. The fraction of sp³-hybridized carbons (Fsp3) is 0.154. The minimum atomic E-state index is -0.549. The van der Waals surface area contributed by atoms with Crippen molar-refractivity contribution < 1.29 is 9.72 Å². The molecule has 0 unspecified atom stereocenters. The molecule has 0 radical (unpaired) electrons. The van der Waals surface area contributed by atoms with E-state index in [1.807, 2.05) is 0 Å². The summed E-state index contributed by atoms with van der Waals surface area (Å²) in [6.07, 6.45) is 1.50. The summed E-state index contributed by atoms with van der Waals surface area (Å²) in [5, 5.41) is 13.4. The maximum atomic E-state index is 11.9. The number of nitrogens with two attached hydrogens (primary N) is 1. The Balaban J connectivity index is 1.96. The lowest BCUT2D eigenvalue weighted by Gasteiger charge is -2.06. The summed E-state index contributed by atoms with van der Waals surface area (Å²) in [4.78, 5) is 29.8. The summed E-state index contributed by atoms with van der Waals surface area (Å²) in [6, 6.07) is 5.51. The van der Waals surface area contributed by atoms with Gasteiger partial charge in [-0.3, -0.25) is 14.9 Å². The number of hydrogen-bond donors (Lipinski definition) is 2. The van der Waals surface area contributed by atoms with Crippen molar-refractivity contribution >= 4 is 29.0 Å². The molecule has 3 N–H and O–H groups in total. The fourth-order valence-corrected chi connectivity index (χ4v) is 1.95. The van der Waals surface area contributed by atoms with Gasteiger partial charge in [0.25, 0.3) is 5.69 Å². The number of nitrogen functional groups attached to an aromatic ring is 1. The molecule has 2 rings (SSSR count). The Hall–Kier alpha value is -2.74. The molecule has 1 aromatic carbocycles. The van der Waals surface area contributed by atoms with Gasteiger partial charge >= 0.3 is 0 Å². The lowest BCUT2D eigenvalue weighted by molar-refractivity contribution is -0.384. The van der Waals surface area contributed by atoms with Crippen molar-refractivity contribution in [3.8, 4) is 0 Å². The van der Waals surface area contributed by atoms with Crippen molar-refractivity contribution in [2.75, 3.05) is 5.73 Å². The fourth-order valence-electron chi connectivity index (χ4n) is 1.71. The number of carbonyl (C=O) groups excluding carboxylic acids is 1. The second-order valence-corrected chi connectivity index (χ2v) is 4.79. The van der Waals surface area contributed by atoms with E-state index < -0.39 is 4.92 Å². The largest absolute Gasteiger partial charge is 0.384 e. The predicted octanol–water partition coefficient (Wildman–Crippen LogP) is 1.48. The zero-order valence-corrected chi connectivity index (χ0v) is 12.1. The normalized spacial score (nSPS) is 10.2. The summed E-state index contributed by atoms with van der Waals surface area (Å²) in [5.74, 6) is 0.405. The van der Waals surface area contributed by atoms with Crippen molar-refractivity contribution in [3.05, 3.63) is 57.0 Å². The second kappa shape index (κ2) is 6.81. The van der Waals surface area contributed by atoms with Gasteiger partial charge in [-0.2, -0.15) is 0 Å². The maximum Gasteiger partial charge on any atom is 0.270 e. The van der Waals surface area contributed by atoms with Crippen LogP contribution in [0.25, 0.3) is 0 Å². The number of nitrogens with zero attached hydrogens (tertiary/aromatic N) is 3. The van der Waals surface area contributed by atoms with E-state index in [1.165, 1.54) is 24.4 Å². The number of rotatable bonds is 5. The highest BCUT2D eigenvalue weighted by atomic mass is 35.5. The van der Waals surface area contributed by atoms with Gasteiger partial charge in [0.2, 0.25) is 5.91 Å². The van der Waals surface area contributed by atoms with Crippen molar-refractivity contribution in [1.82, 2.24) is 15.3 Å². The summed E-state index contributed by atoms with van der Waals surface area (Å²) >= 11 is 5.93. The monoisotopic (exact) mass is 321 g/mol. The standard InChI is InChI=1S/C13H12ClN5O3/c14-10-6-9(19(21)22)2-1-8(10)5-13(20)17-7-12-16-4-3-11(15)18-12/h1-4,6H,5,7H2,(H,17,20)(H2,15,16,18). The SMILES string of the molecule is Nc1ccnc(CNC(=O)Cc2ccc([N+](=O)[O-])cc2Cl)n1. The van der Waals surface area contributed by atoms with Crippen LogP contribution in [-0.4, -0.2) is 20.8 Å². The number of amides is 1. The molecule has 114 valence electrons. The third kappa shape index (κ3) is 4.13. The topological polar surface area (TPSA) is 124 Å². The van der Waals surface area contributed by atoms with Crippen molar-refractivity contribution in [3.63, 3.8) is 0 Å². The van der Waals surface area contributed by atoms with Gasteiger partial charge in [0.1, 0.15) is 11.6 Å². The molecule has 0 fully saturated rings. The number of benzene rings is 1. The van der Waals surface area contributed by atoms with Crippen molar-refractivity contribution in [1.29, 1.82) is 0 Å². The van der Waals surface area contributed by atoms with Crippen molar-refractivity contribution in [2.24, 2.45) is 0 Å². The number of carbonyl (C=O) groups is 1. The zero-order valence-electron chi connectivity index (χ0n) is 11.3. The average Bonchev–Trinajstić information content (AvgIpc) is 2.47. The van der Waals surface area contributed by atoms with Gasteiger partial charge in [-0.05, 0) is 11.6 Å². The molecule has 1 amide bonds. The molecule has 0 saturated heterocycles. The van der Waals surface area contributed by atoms with E-state index in [2.05, 4.69) is 15.3 Å². The molecule has 2 aromatic rings. The summed E-state index contributed by atoms with van der Waals surface area (Å²) < 4.78 is 0. The Labute approximate surface area is 130 Å². The molecule has 1 heterocycles. The molecular formula is C13H12ClN5O3. The van der Waals surface area contributed by atoms with Crippen LogP contribution in [0, 0.1) is 10.1 Å². The molecule has 0 aliphatic carbocycles. The molecule has 0 atom stereocenters. The van der Waals surface area contributed by atoms with E-state index in [4.69, 9.17) is 17.3 Å². The number of nitro benzene ring substituents is 1. The van der Waals surface area contributed by atoms with E-state index >= 15 is 0 Å². The number of halogens is 1. The Morgan fingerprint density at radius 1 is 1.41 bits per heavy atom. The highest BCUT2D eigenvalue weighted by molar-refractivity contribution is 6.31. The number of non-ortho nitro benzene ring substituents is 1. The summed E-state index contributed by atoms with van der Waals surface area (Å²) in [5.41, 5.74) is 5.89. The van der Waals surface area contributed by atoms with Gasteiger partial charge in [-0.15, -0.1) is 0 Å². The first-order chi connectivity index (χ1) is 10.5. The first kappa shape index (κ1) is 15.6. The number of anilines is 1. The number of hydrogen-bond acceptors (Lipinski definition) is 6. The van der Waals surface area contributed by atoms with Crippen LogP contribution in [0.3, 0.4) is 0 Å². The quantitative estimate of drug-likeness (QED) is 0.635. The summed E-state index contributed by atoms with van der Waals surface area (Å²) in [7, 11) is 0. The molecule has 0 aliphatic heterocycles. The molecule has 0 aliphatic rings. The Kier molecular flexibility index (Phi) is 4.84. The third-order valence-corrected chi connectivity index (χ3v) is 3.12. The highest BCUT2D eigenvalue weighted by Gasteiger charge is 2.12. The number of nitro groups is 1. The molecule has 22 heavy (non-hydrogen) atoms. The van der Waals surface area contributed by atoms with Crippen LogP contribution in [0.1, 0.15) is 11.4 Å². The van der Waals surface area contributed by atoms with E-state index in [9.17, 15) is 14.9 Å². The molecule has 8 nitrogen and oxygen atoms in total. The van der Waals surface area contributed by atoms with Gasteiger partial charge < -0.3 is 11.1 Å². The zero-order chi connectivity index (χ0) is 16.1. The molecule has 0 spiro atoms. The van der Waals surface area contributed by atoms with Crippen LogP contribution in [0.2, 0.25) is 5.02 Å². The van der Waals surface area contributed by atoms with Crippen LogP contribution in [0.15, 0.2) is 30.5 Å². The highest BCUT2D eigenvalue weighted by Crippen LogP contribution is 2.22. The Morgan fingerprint density at radius 2 is 2.18 bits per heavy atom. The minimum absolute atomic E-state index is 0.000850. The molecular weight excluding hydrogens is 310 g/mol. The van der Waals surface area contributed by atoms with E-state index in [0.717, 1.165) is 0 Å².